The van der Waals surface area contributed by atoms with E-state index in [-0.39, 0.29) is 23.1 Å². The van der Waals surface area contributed by atoms with E-state index in [1.54, 1.807) is 23.9 Å². The number of nitrogens with zero attached hydrogens (tertiary/aromatic N) is 2. The molecule has 0 spiro atoms. The van der Waals surface area contributed by atoms with E-state index in [4.69, 9.17) is 0 Å². The van der Waals surface area contributed by atoms with Gasteiger partial charge in [-0.05, 0) is 60.6 Å². The fourth-order valence-corrected chi connectivity index (χ4v) is 5.19. The zero-order valence-electron chi connectivity index (χ0n) is 16.9. The number of hydrogen-bond acceptors (Lipinski definition) is 3. The molecule has 2 atom stereocenters. The zero-order valence-corrected chi connectivity index (χ0v) is 17.7. The van der Waals surface area contributed by atoms with E-state index in [1.807, 2.05) is 17.2 Å². The molecule has 2 aromatic carbocycles. The van der Waals surface area contributed by atoms with Crippen LogP contribution < -0.4 is 0 Å². The molecule has 3 nitrogen and oxygen atoms in total. The molecule has 0 bridgehead atoms. The van der Waals surface area contributed by atoms with E-state index in [1.165, 1.54) is 24.3 Å². The lowest BCUT2D eigenvalue weighted by Crippen LogP contribution is -2.44. The second-order valence-corrected chi connectivity index (χ2v) is 8.82. The van der Waals surface area contributed by atoms with Gasteiger partial charge in [0.2, 0.25) is 5.91 Å². The highest BCUT2D eigenvalue weighted by molar-refractivity contribution is 8.02. The SMILES string of the molecule is CC1=CSC(N2CCC(Cc3ccc(C(F)(F)F)cc3)C2=O)N1Cc1ccc(F)cc1. The molecule has 8 heteroatoms. The van der Waals surface area contributed by atoms with Crippen molar-refractivity contribution in [2.24, 2.45) is 5.92 Å². The maximum absolute atomic E-state index is 13.2. The van der Waals surface area contributed by atoms with Crippen LogP contribution in [0.4, 0.5) is 17.6 Å². The molecule has 164 valence electrons. The highest BCUT2D eigenvalue weighted by atomic mass is 32.2. The minimum Gasteiger partial charge on any atom is -0.341 e. The predicted octanol–water partition coefficient (Wildman–Crippen LogP) is 5.63. The lowest BCUT2D eigenvalue weighted by atomic mass is 9.97. The lowest BCUT2D eigenvalue weighted by molar-refractivity contribution is -0.137. The number of hydrogen-bond donors (Lipinski definition) is 0. The summed E-state index contributed by atoms with van der Waals surface area (Å²) in [5.41, 5.74) is 1.86. The molecule has 2 aliphatic heterocycles. The third-order valence-electron chi connectivity index (χ3n) is 5.73. The Kier molecular flexibility index (Phi) is 6.01. The van der Waals surface area contributed by atoms with E-state index < -0.39 is 11.7 Å². The van der Waals surface area contributed by atoms with Crippen molar-refractivity contribution in [2.75, 3.05) is 6.54 Å². The van der Waals surface area contributed by atoms with Crippen LogP contribution in [0, 0.1) is 11.7 Å². The number of halogens is 4. The largest absolute Gasteiger partial charge is 0.416 e. The van der Waals surface area contributed by atoms with Gasteiger partial charge in [-0.15, -0.1) is 0 Å². The Balaban J connectivity index is 1.42. The molecule has 2 unspecified atom stereocenters. The highest BCUT2D eigenvalue weighted by Gasteiger charge is 2.40. The maximum Gasteiger partial charge on any atom is 0.416 e. The number of benzene rings is 2. The van der Waals surface area contributed by atoms with Crippen LogP contribution >= 0.6 is 11.8 Å². The number of thioether (sulfide) groups is 1. The molecule has 1 amide bonds. The van der Waals surface area contributed by atoms with Gasteiger partial charge in [0.1, 0.15) is 5.82 Å². The summed E-state index contributed by atoms with van der Waals surface area (Å²) in [5.74, 6) is -0.514. The molecule has 1 saturated heterocycles. The molecule has 4 rings (SSSR count). The number of alkyl halides is 3. The zero-order chi connectivity index (χ0) is 22.2. The van der Waals surface area contributed by atoms with E-state index >= 15 is 0 Å². The summed E-state index contributed by atoms with van der Waals surface area (Å²) in [6.45, 7) is 3.15. The Morgan fingerprint density at radius 3 is 2.32 bits per heavy atom. The van der Waals surface area contributed by atoms with Gasteiger partial charge in [-0.2, -0.15) is 13.2 Å². The second-order valence-electron chi connectivity index (χ2n) is 7.89. The quantitative estimate of drug-likeness (QED) is 0.552. The van der Waals surface area contributed by atoms with E-state index in [2.05, 4.69) is 4.90 Å². The molecule has 0 radical (unpaired) electrons. The van der Waals surface area contributed by atoms with Crippen molar-refractivity contribution >= 4 is 17.7 Å². The Hall–Kier alpha value is -2.48. The van der Waals surface area contributed by atoms with E-state index in [0.29, 0.717) is 25.9 Å². The minimum absolute atomic E-state index is 0.0182. The Bertz CT molecular complexity index is 973. The number of carbonyl (C=O) groups is 1. The third kappa shape index (κ3) is 4.74. The highest BCUT2D eigenvalue weighted by Crippen LogP contribution is 2.38. The summed E-state index contributed by atoms with van der Waals surface area (Å²) < 4.78 is 51.5. The molecular weight excluding hydrogens is 428 g/mol. The Morgan fingerprint density at radius 2 is 1.68 bits per heavy atom. The average Bonchev–Trinajstić information content (AvgIpc) is 3.26. The Morgan fingerprint density at radius 1 is 1.03 bits per heavy atom. The van der Waals surface area contributed by atoms with Crippen LogP contribution in [0.1, 0.15) is 30.0 Å². The first kappa shape index (κ1) is 21.7. The summed E-state index contributed by atoms with van der Waals surface area (Å²) in [5, 5.41) is 2.02. The van der Waals surface area contributed by atoms with Crippen molar-refractivity contribution in [3.05, 3.63) is 82.1 Å². The monoisotopic (exact) mass is 450 g/mol. The first-order chi connectivity index (χ1) is 14.7. The summed E-state index contributed by atoms with van der Waals surface area (Å²) in [4.78, 5) is 17.1. The fraction of sp³-hybridized carbons (Fsp3) is 0.348. The van der Waals surface area contributed by atoms with Gasteiger partial charge in [0.05, 0.1) is 5.56 Å². The van der Waals surface area contributed by atoms with Gasteiger partial charge in [0.15, 0.2) is 5.50 Å². The van der Waals surface area contributed by atoms with Crippen molar-refractivity contribution in [1.82, 2.24) is 9.80 Å². The first-order valence-corrected chi connectivity index (χ1v) is 11.0. The lowest BCUT2D eigenvalue weighted by Gasteiger charge is -2.34. The Labute approximate surface area is 182 Å². The number of amides is 1. The van der Waals surface area contributed by atoms with Crippen molar-refractivity contribution in [3.8, 4) is 0 Å². The fourth-order valence-electron chi connectivity index (χ4n) is 3.99. The van der Waals surface area contributed by atoms with Gasteiger partial charge >= 0.3 is 6.18 Å². The molecule has 0 saturated carbocycles. The molecule has 2 heterocycles. The summed E-state index contributed by atoms with van der Waals surface area (Å²) in [6.07, 6.45) is -3.27. The van der Waals surface area contributed by atoms with Crippen molar-refractivity contribution in [1.29, 1.82) is 0 Å². The molecule has 0 aliphatic carbocycles. The van der Waals surface area contributed by atoms with Crippen LogP contribution in [0.3, 0.4) is 0 Å². The molecule has 0 N–H and O–H groups in total. The summed E-state index contributed by atoms with van der Waals surface area (Å²) in [7, 11) is 0. The normalized spacial score (nSPS) is 21.7. The van der Waals surface area contributed by atoms with Gasteiger partial charge in [-0.1, -0.05) is 36.0 Å². The summed E-state index contributed by atoms with van der Waals surface area (Å²) >= 11 is 1.56. The molecule has 1 fully saturated rings. The smallest absolute Gasteiger partial charge is 0.341 e. The molecule has 2 aromatic rings. The number of rotatable bonds is 5. The molecule has 2 aliphatic rings. The van der Waals surface area contributed by atoms with Crippen LogP contribution in [-0.4, -0.2) is 27.7 Å². The van der Waals surface area contributed by atoms with Crippen LogP contribution in [0.25, 0.3) is 0 Å². The average molecular weight is 451 g/mol. The first-order valence-electron chi connectivity index (χ1n) is 10.0. The molecular formula is C23H22F4N2OS. The second kappa shape index (κ2) is 8.57. The third-order valence-corrected chi connectivity index (χ3v) is 6.96. The van der Waals surface area contributed by atoms with Gasteiger partial charge in [0, 0.05) is 24.7 Å². The topological polar surface area (TPSA) is 23.6 Å². The summed E-state index contributed by atoms with van der Waals surface area (Å²) in [6, 6.07) is 11.4. The number of allylic oxidation sites excluding steroid dienone is 1. The van der Waals surface area contributed by atoms with Crippen LogP contribution in [0.2, 0.25) is 0 Å². The molecule has 31 heavy (non-hydrogen) atoms. The van der Waals surface area contributed by atoms with Gasteiger partial charge in [-0.3, -0.25) is 4.79 Å². The van der Waals surface area contributed by atoms with Gasteiger partial charge in [0.25, 0.3) is 0 Å². The van der Waals surface area contributed by atoms with Crippen molar-refractivity contribution < 1.29 is 22.4 Å². The van der Waals surface area contributed by atoms with Crippen molar-refractivity contribution in [3.63, 3.8) is 0 Å². The van der Waals surface area contributed by atoms with Gasteiger partial charge in [-0.25, -0.2) is 4.39 Å². The standard InChI is InChI=1S/C23H22F4N2OS/c1-15-14-31-22(29(15)13-17-4-8-20(24)9-5-17)28-11-10-18(21(28)30)12-16-2-6-19(7-3-16)23(25,26)27/h2-9,14,18,22H,10-13H2,1H3. The van der Waals surface area contributed by atoms with Crippen LogP contribution in [0.5, 0.6) is 0 Å². The predicted molar refractivity (Wildman–Crippen MR) is 112 cm³/mol. The number of carbonyl (C=O) groups excluding carboxylic acids is 1. The maximum atomic E-state index is 13.2. The van der Waals surface area contributed by atoms with Gasteiger partial charge < -0.3 is 9.80 Å². The van der Waals surface area contributed by atoms with E-state index in [9.17, 15) is 22.4 Å². The molecule has 0 aromatic heterocycles. The van der Waals surface area contributed by atoms with Crippen LogP contribution in [0.15, 0.2) is 59.6 Å². The number of likely N-dealkylation sites (tertiary alicyclic amines) is 1. The van der Waals surface area contributed by atoms with Crippen LogP contribution in [-0.2, 0) is 23.9 Å². The minimum atomic E-state index is -4.36. The van der Waals surface area contributed by atoms with Crippen molar-refractivity contribution in [2.45, 2.75) is 38.0 Å². The van der Waals surface area contributed by atoms with E-state index in [0.717, 1.165) is 29.0 Å².